The minimum absolute atomic E-state index is 0.255. The van der Waals surface area contributed by atoms with Gasteiger partial charge in [0.25, 0.3) is 0 Å². The lowest BCUT2D eigenvalue weighted by Gasteiger charge is -2.22. The number of benzene rings is 1. The Kier molecular flexibility index (Phi) is 8.76. The summed E-state index contributed by atoms with van der Waals surface area (Å²) in [5, 5.41) is 20.4. The van der Waals surface area contributed by atoms with Crippen LogP contribution < -0.4 is 0 Å². The van der Waals surface area contributed by atoms with Gasteiger partial charge >= 0.3 is 0 Å². The minimum Gasteiger partial charge on any atom is -0.508 e. The number of phenols is 2. The fraction of sp³-hybridized carbons (Fsp3) is 0.750. The third-order valence-electron chi connectivity index (χ3n) is 6.40. The van der Waals surface area contributed by atoms with Crippen molar-refractivity contribution in [3.05, 3.63) is 23.3 Å². The first-order valence-electron chi connectivity index (χ1n) is 11.0. The largest absolute Gasteiger partial charge is 0.508 e. The molecule has 0 aromatic heterocycles. The molecule has 0 radical (unpaired) electrons. The van der Waals surface area contributed by atoms with Crippen molar-refractivity contribution in [3.63, 3.8) is 0 Å². The van der Waals surface area contributed by atoms with Crippen molar-refractivity contribution >= 4 is 22.6 Å². The van der Waals surface area contributed by atoms with Crippen LogP contribution in [0, 0.1) is 5.41 Å². The fourth-order valence-electron chi connectivity index (χ4n) is 3.67. The van der Waals surface area contributed by atoms with Gasteiger partial charge in [-0.2, -0.15) is 0 Å². The van der Waals surface area contributed by atoms with Crippen molar-refractivity contribution in [3.8, 4) is 11.5 Å². The number of unbranched alkanes of at least 4 members (excludes halogenated alkanes) is 4. The van der Waals surface area contributed by atoms with Gasteiger partial charge in [0.05, 0.1) is 0 Å². The highest BCUT2D eigenvalue weighted by atomic mass is 127. The van der Waals surface area contributed by atoms with E-state index in [0.717, 1.165) is 36.8 Å². The molecule has 0 spiro atoms. The van der Waals surface area contributed by atoms with Crippen molar-refractivity contribution in [2.24, 2.45) is 5.41 Å². The second-order valence-corrected chi connectivity index (χ2v) is 11.7. The van der Waals surface area contributed by atoms with E-state index in [4.69, 9.17) is 0 Å². The summed E-state index contributed by atoms with van der Waals surface area (Å²) in [6, 6.07) is 3.59. The molecule has 1 saturated carbocycles. The SMILES string of the molecule is CCC(C)(C)CCCCCc1cc(CCCCCC2(I)CC2)c(O)cc1O. The molecule has 2 rings (SSSR count). The van der Waals surface area contributed by atoms with Gasteiger partial charge in [-0.15, -0.1) is 0 Å². The molecule has 0 heterocycles. The molecule has 0 aliphatic heterocycles. The Morgan fingerprint density at radius 1 is 0.889 bits per heavy atom. The van der Waals surface area contributed by atoms with Gasteiger partial charge < -0.3 is 10.2 Å². The van der Waals surface area contributed by atoms with Gasteiger partial charge in [-0.05, 0) is 74.0 Å². The zero-order valence-electron chi connectivity index (χ0n) is 17.6. The molecule has 0 amide bonds. The average molecular weight is 486 g/mol. The molecular formula is C24H39IO2. The molecule has 1 aliphatic rings. The highest BCUT2D eigenvalue weighted by Gasteiger charge is 2.38. The molecule has 1 aromatic rings. The lowest BCUT2D eigenvalue weighted by Crippen LogP contribution is -2.08. The van der Waals surface area contributed by atoms with Crippen LogP contribution in [0.2, 0.25) is 0 Å². The van der Waals surface area contributed by atoms with Crippen molar-refractivity contribution in [2.75, 3.05) is 0 Å². The Bertz CT molecular complexity index is 590. The van der Waals surface area contributed by atoms with Gasteiger partial charge in [-0.25, -0.2) is 0 Å². The fourth-order valence-corrected chi connectivity index (χ4v) is 4.32. The second-order valence-electron chi connectivity index (χ2n) is 9.40. The number of aromatic hydroxyl groups is 2. The van der Waals surface area contributed by atoms with E-state index in [9.17, 15) is 10.2 Å². The van der Waals surface area contributed by atoms with Crippen LogP contribution in [0.15, 0.2) is 12.1 Å². The quantitative estimate of drug-likeness (QED) is 0.170. The third kappa shape index (κ3) is 8.21. The van der Waals surface area contributed by atoms with Crippen LogP contribution in [-0.4, -0.2) is 13.6 Å². The standard InChI is InChI=1S/C24H39IO2/c1-4-23(2,3)13-9-5-7-11-19-17-20(22(27)18-21(19)26)12-8-6-10-14-24(25)15-16-24/h17-18,26-27H,4-16H2,1-3H3. The number of hydrogen-bond acceptors (Lipinski definition) is 2. The van der Waals surface area contributed by atoms with Gasteiger partial charge in [0.1, 0.15) is 11.5 Å². The normalized spacial score (nSPS) is 15.9. The van der Waals surface area contributed by atoms with Crippen LogP contribution in [0.3, 0.4) is 0 Å². The predicted molar refractivity (Wildman–Crippen MR) is 124 cm³/mol. The molecule has 1 aromatic carbocycles. The van der Waals surface area contributed by atoms with E-state index in [2.05, 4.69) is 43.4 Å². The van der Waals surface area contributed by atoms with E-state index in [-0.39, 0.29) is 11.5 Å². The smallest absolute Gasteiger partial charge is 0.122 e. The average Bonchev–Trinajstić information content (AvgIpc) is 3.35. The summed E-state index contributed by atoms with van der Waals surface area (Å²) in [6.45, 7) is 6.95. The second kappa shape index (κ2) is 10.4. The van der Waals surface area contributed by atoms with Crippen molar-refractivity contribution in [1.29, 1.82) is 0 Å². The molecule has 0 unspecified atom stereocenters. The van der Waals surface area contributed by atoms with Gasteiger partial charge in [-0.1, -0.05) is 75.5 Å². The maximum Gasteiger partial charge on any atom is 0.122 e. The van der Waals surface area contributed by atoms with Crippen LogP contribution in [0.1, 0.15) is 103 Å². The molecule has 27 heavy (non-hydrogen) atoms. The van der Waals surface area contributed by atoms with Crippen LogP contribution in [0.4, 0.5) is 0 Å². The van der Waals surface area contributed by atoms with Crippen LogP contribution in [0.25, 0.3) is 0 Å². The molecule has 2 nitrogen and oxygen atoms in total. The van der Waals surface area contributed by atoms with E-state index < -0.39 is 0 Å². The number of phenolic OH excluding ortho intramolecular Hbond substituents is 2. The van der Waals surface area contributed by atoms with E-state index >= 15 is 0 Å². The lowest BCUT2D eigenvalue weighted by molar-refractivity contribution is 0.308. The number of rotatable bonds is 13. The molecule has 1 fully saturated rings. The Morgan fingerprint density at radius 3 is 1.96 bits per heavy atom. The Balaban J connectivity index is 1.73. The molecule has 3 heteroatoms. The van der Waals surface area contributed by atoms with Crippen molar-refractivity contribution in [2.45, 2.75) is 108 Å². The first-order valence-corrected chi connectivity index (χ1v) is 12.1. The van der Waals surface area contributed by atoms with E-state index in [0.29, 0.717) is 8.84 Å². The van der Waals surface area contributed by atoms with Crippen LogP contribution in [-0.2, 0) is 12.8 Å². The number of hydrogen-bond donors (Lipinski definition) is 2. The molecule has 0 atom stereocenters. The molecule has 154 valence electrons. The van der Waals surface area contributed by atoms with Crippen LogP contribution >= 0.6 is 22.6 Å². The zero-order chi connectivity index (χ0) is 19.9. The summed E-state index contributed by atoms with van der Waals surface area (Å²) in [7, 11) is 0. The Morgan fingerprint density at radius 2 is 1.44 bits per heavy atom. The maximum atomic E-state index is 10.2. The molecule has 1 aliphatic carbocycles. The van der Waals surface area contributed by atoms with E-state index in [1.807, 2.05) is 6.07 Å². The monoisotopic (exact) mass is 486 g/mol. The first kappa shape index (κ1) is 22.8. The van der Waals surface area contributed by atoms with Gasteiger partial charge in [-0.3, -0.25) is 0 Å². The maximum absolute atomic E-state index is 10.2. The molecular weight excluding hydrogens is 447 g/mol. The number of aryl methyl sites for hydroxylation is 2. The number of alkyl halides is 1. The first-order chi connectivity index (χ1) is 12.7. The van der Waals surface area contributed by atoms with E-state index in [1.54, 1.807) is 6.07 Å². The predicted octanol–water partition coefficient (Wildman–Crippen LogP) is 7.71. The van der Waals surface area contributed by atoms with Gasteiger partial charge in [0.15, 0.2) is 0 Å². The van der Waals surface area contributed by atoms with E-state index in [1.165, 1.54) is 57.8 Å². The Labute approximate surface area is 180 Å². The highest BCUT2D eigenvalue weighted by molar-refractivity contribution is 14.1. The zero-order valence-corrected chi connectivity index (χ0v) is 19.8. The highest BCUT2D eigenvalue weighted by Crippen LogP contribution is 2.49. The molecule has 0 saturated heterocycles. The molecule has 0 bridgehead atoms. The summed E-state index contributed by atoms with van der Waals surface area (Å²) < 4.78 is 0.623. The summed E-state index contributed by atoms with van der Waals surface area (Å²) in [5.74, 6) is 0.513. The van der Waals surface area contributed by atoms with Crippen molar-refractivity contribution in [1.82, 2.24) is 0 Å². The topological polar surface area (TPSA) is 40.5 Å². The van der Waals surface area contributed by atoms with Crippen molar-refractivity contribution < 1.29 is 10.2 Å². The van der Waals surface area contributed by atoms with Crippen LogP contribution in [0.5, 0.6) is 11.5 Å². The van der Waals surface area contributed by atoms with Gasteiger partial charge in [0.2, 0.25) is 0 Å². The third-order valence-corrected chi connectivity index (χ3v) is 8.02. The van der Waals surface area contributed by atoms with Gasteiger partial charge in [0, 0.05) is 9.49 Å². The minimum atomic E-state index is 0.255. The Hall–Kier alpha value is -0.450. The summed E-state index contributed by atoms with van der Waals surface area (Å²) in [4.78, 5) is 0. The summed E-state index contributed by atoms with van der Waals surface area (Å²) in [6.07, 6.45) is 15.7. The summed E-state index contributed by atoms with van der Waals surface area (Å²) >= 11 is 2.62. The number of halogens is 1. The summed E-state index contributed by atoms with van der Waals surface area (Å²) in [5.41, 5.74) is 2.46. The lowest BCUT2D eigenvalue weighted by atomic mass is 9.84. The molecule has 2 N–H and O–H groups in total.